The van der Waals surface area contributed by atoms with Gasteiger partial charge in [0.15, 0.2) is 5.65 Å². The van der Waals surface area contributed by atoms with Crippen molar-refractivity contribution in [2.75, 3.05) is 0 Å². The summed E-state index contributed by atoms with van der Waals surface area (Å²) in [5.41, 5.74) is 2.21. The van der Waals surface area contributed by atoms with Crippen LogP contribution in [0.3, 0.4) is 0 Å². The standard InChI is InChI=1S/C15H8Cl2N4O/c16-9-3-1-8(2-4-9)13-14-18-15(22)11-7-10(17)5-6-12(11)21(14)20-19-13/h1-7,20H. The molecule has 2 aromatic carbocycles. The number of aromatic amines is 1. The lowest BCUT2D eigenvalue weighted by atomic mass is 10.1. The molecule has 0 bridgehead atoms. The van der Waals surface area contributed by atoms with Crippen LogP contribution in [0.2, 0.25) is 10.0 Å². The molecule has 0 unspecified atom stereocenters. The van der Waals surface area contributed by atoms with E-state index < -0.39 is 0 Å². The quantitative estimate of drug-likeness (QED) is 0.580. The second-order valence-corrected chi connectivity index (χ2v) is 5.68. The zero-order valence-electron chi connectivity index (χ0n) is 11.0. The van der Waals surface area contributed by atoms with Crippen LogP contribution in [0.15, 0.2) is 47.3 Å². The molecule has 0 saturated carbocycles. The predicted molar refractivity (Wildman–Crippen MR) is 86.6 cm³/mol. The molecule has 4 aromatic rings. The predicted octanol–water partition coefficient (Wildman–Crippen LogP) is 3.54. The van der Waals surface area contributed by atoms with Crippen molar-refractivity contribution in [2.24, 2.45) is 0 Å². The minimum Gasteiger partial charge on any atom is -0.267 e. The van der Waals surface area contributed by atoms with Crippen molar-refractivity contribution in [1.29, 1.82) is 0 Å². The van der Waals surface area contributed by atoms with Gasteiger partial charge in [-0.15, -0.1) is 0 Å². The molecular weight excluding hydrogens is 323 g/mol. The Morgan fingerprint density at radius 2 is 1.73 bits per heavy atom. The van der Waals surface area contributed by atoms with Gasteiger partial charge in [0.05, 0.1) is 10.9 Å². The largest absolute Gasteiger partial charge is 0.281 e. The zero-order chi connectivity index (χ0) is 15.3. The number of aromatic nitrogens is 4. The zero-order valence-corrected chi connectivity index (χ0v) is 12.6. The number of rotatable bonds is 1. The molecule has 1 N–H and O–H groups in total. The van der Waals surface area contributed by atoms with Crippen LogP contribution >= 0.6 is 23.2 Å². The van der Waals surface area contributed by atoms with E-state index in [2.05, 4.69) is 15.3 Å². The smallest absolute Gasteiger partial charge is 0.267 e. The van der Waals surface area contributed by atoms with Crippen LogP contribution in [0.1, 0.15) is 0 Å². The molecule has 2 heterocycles. The first-order valence-corrected chi connectivity index (χ1v) is 7.21. The molecule has 0 radical (unpaired) electrons. The molecule has 0 saturated heterocycles. The molecule has 7 heteroatoms. The summed E-state index contributed by atoms with van der Waals surface area (Å²) in [5, 5.41) is 8.71. The van der Waals surface area contributed by atoms with Crippen molar-refractivity contribution in [1.82, 2.24) is 19.8 Å². The number of nitrogens with one attached hydrogen (secondary N) is 1. The third kappa shape index (κ3) is 1.98. The van der Waals surface area contributed by atoms with Gasteiger partial charge in [-0.1, -0.05) is 35.3 Å². The number of halogens is 2. The Hall–Kier alpha value is -2.37. The van der Waals surface area contributed by atoms with Crippen molar-refractivity contribution >= 4 is 39.8 Å². The maximum Gasteiger partial charge on any atom is 0.281 e. The SMILES string of the molecule is O=c1nc2c(-c3ccc(Cl)cc3)n[nH]n2c2ccc(Cl)cc12. The normalized spacial score (nSPS) is 11.4. The molecule has 0 amide bonds. The van der Waals surface area contributed by atoms with Gasteiger partial charge >= 0.3 is 0 Å². The van der Waals surface area contributed by atoms with Crippen molar-refractivity contribution in [2.45, 2.75) is 0 Å². The van der Waals surface area contributed by atoms with Gasteiger partial charge in [-0.25, -0.2) is 9.73 Å². The highest BCUT2D eigenvalue weighted by atomic mass is 35.5. The summed E-state index contributed by atoms with van der Waals surface area (Å²) < 4.78 is 1.66. The summed E-state index contributed by atoms with van der Waals surface area (Å²) in [6.45, 7) is 0. The van der Waals surface area contributed by atoms with Crippen LogP contribution in [-0.4, -0.2) is 19.8 Å². The van der Waals surface area contributed by atoms with Crippen LogP contribution in [0.4, 0.5) is 0 Å². The van der Waals surface area contributed by atoms with Gasteiger partial charge in [0.25, 0.3) is 5.56 Å². The second kappa shape index (κ2) is 4.83. The monoisotopic (exact) mass is 330 g/mol. The van der Waals surface area contributed by atoms with E-state index in [1.54, 1.807) is 34.8 Å². The van der Waals surface area contributed by atoms with Gasteiger partial charge in [-0.3, -0.25) is 4.79 Å². The highest BCUT2D eigenvalue weighted by Gasteiger charge is 2.13. The molecule has 108 valence electrons. The fourth-order valence-corrected chi connectivity index (χ4v) is 2.70. The van der Waals surface area contributed by atoms with Crippen LogP contribution in [-0.2, 0) is 0 Å². The Balaban J connectivity index is 2.07. The molecule has 4 rings (SSSR count). The van der Waals surface area contributed by atoms with Gasteiger partial charge in [0.1, 0.15) is 5.69 Å². The Bertz CT molecular complexity index is 1070. The van der Waals surface area contributed by atoms with E-state index in [9.17, 15) is 4.79 Å². The van der Waals surface area contributed by atoms with Gasteiger partial charge in [0, 0.05) is 15.6 Å². The first-order valence-electron chi connectivity index (χ1n) is 6.46. The summed E-state index contributed by atoms with van der Waals surface area (Å²) in [4.78, 5) is 16.4. The number of benzene rings is 2. The molecule has 0 atom stereocenters. The van der Waals surface area contributed by atoms with Gasteiger partial charge in [-0.2, -0.15) is 10.1 Å². The molecule has 0 fully saturated rings. The average molecular weight is 331 g/mol. The highest BCUT2D eigenvalue weighted by molar-refractivity contribution is 6.31. The summed E-state index contributed by atoms with van der Waals surface area (Å²) in [5.74, 6) is 0. The van der Waals surface area contributed by atoms with E-state index in [1.807, 2.05) is 12.1 Å². The van der Waals surface area contributed by atoms with Gasteiger partial charge in [-0.05, 0) is 30.3 Å². The fourth-order valence-electron chi connectivity index (χ4n) is 2.41. The number of fused-ring (bicyclic) bond motifs is 3. The number of hydrogen-bond donors (Lipinski definition) is 1. The first-order chi connectivity index (χ1) is 10.6. The first kappa shape index (κ1) is 13.3. The van der Waals surface area contributed by atoms with Crippen molar-refractivity contribution in [3.05, 3.63) is 62.9 Å². The van der Waals surface area contributed by atoms with E-state index in [1.165, 1.54) is 0 Å². The van der Waals surface area contributed by atoms with Crippen LogP contribution in [0.5, 0.6) is 0 Å². The topological polar surface area (TPSA) is 63.0 Å². The van der Waals surface area contributed by atoms with E-state index in [0.29, 0.717) is 32.3 Å². The maximum atomic E-state index is 12.2. The lowest BCUT2D eigenvalue weighted by Gasteiger charge is -2.01. The minimum absolute atomic E-state index is 0.339. The fraction of sp³-hybridized carbons (Fsp3) is 0. The molecule has 0 aliphatic carbocycles. The Kier molecular flexibility index (Phi) is 2.92. The Morgan fingerprint density at radius 1 is 1.00 bits per heavy atom. The van der Waals surface area contributed by atoms with Crippen molar-refractivity contribution in [3.63, 3.8) is 0 Å². The van der Waals surface area contributed by atoms with Crippen molar-refractivity contribution < 1.29 is 0 Å². The highest BCUT2D eigenvalue weighted by Crippen LogP contribution is 2.24. The van der Waals surface area contributed by atoms with Crippen LogP contribution in [0, 0.1) is 0 Å². The number of nitrogens with zero attached hydrogens (tertiary/aromatic N) is 3. The van der Waals surface area contributed by atoms with Crippen LogP contribution in [0.25, 0.3) is 27.8 Å². The molecule has 0 aliphatic rings. The van der Waals surface area contributed by atoms with E-state index >= 15 is 0 Å². The van der Waals surface area contributed by atoms with E-state index in [4.69, 9.17) is 23.2 Å². The lowest BCUT2D eigenvalue weighted by Crippen LogP contribution is -2.10. The Labute approximate surface area is 134 Å². The van der Waals surface area contributed by atoms with Crippen molar-refractivity contribution in [3.8, 4) is 11.3 Å². The molecule has 5 nitrogen and oxygen atoms in total. The molecular formula is C15H8Cl2N4O. The minimum atomic E-state index is -0.339. The van der Waals surface area contributed by atoms with E-state index in [0.717, 1.165) is 5.56 Å². The molecule has 22 heavy (non-hydrogen) atoms. The summed E-state index contributed by atoms with van der Waals surface area (Å²) in [7, 11) is 0. The summed E-state index contributed by atoms with van der Waals surface area (Å²) >= 11 is 11.8. The molecule has 2 aromatic heterocycles. The van der Waals surface area contributed by atoms with Gasteiger partial charge in [0.2, 0.25) is 0 Å². The summed E-state index contributed by atoms with van der Waals surface area (Å²) in [6, 6.07) is 12.3. The average Bonchev–Trinajstić information content (AvgIpc) is 2.92. The number of hydrogen-bond acceptors (Lipinski definition) is 3. The maximum absolute atomic E-state index is 12.2. The number of H-pyrrole nitrogens is 1. The second-order valence-electron chi connectivity index (χ2n) is 4.80. The molecule has 0 aliphatic heterocycles. The van der Waals surface area contributed by atoms with Gasteiger partial charge < -0.3 is 0 Å². The molecule has 0 spiro atoms. The third-order valence-corrected chi connectivity index (χ3v) is 3.93. The van der Waals surface area contributed by atoms with Crippen LogP contribution < -0.4 is 5.56 Å². The van der Waals surface area contributed by atoms with E-state index in [-0.39, 0.29) is 5.56 Å². The summed E-state index contributed by atoms with van der Waals surface area (Å²) in [6.07, 6.45) is 0. The lowest BCUT2D eigenvalue weighted by molar-refractivity contribution is 0.874. The Morgan fingerprint density at radius 3 is 2.50 bits per heavy atom. The third-order valence-electron chi connectivity index (χ3n) is 3.44.